The lowest BCUT2D eigenvalue weighted by Gasteiger charge is -2.16. The van der Waals surface area contributed by atoms with Crippen molar-refractivity contribution in [2.24, 2.45) is 5.92 Å². The van der Waals surface area contributed by atoms with Crippen molar-refractivity contribution in [2.45, 2.75) is 44.4 Å². The predicted molar refractivity (Wildman–Crippen MR) is 84.2 cm³/mol. The monoisotopic (exact) mass is 389 g/mol. The number of esters is 1. The summed E-state index contributed by atoms with van der Waals surface area (Å²) in [6.45, 7) is -0.964. The number of anilines is 1. The fraction of sp³-hybridized carbons (Fsp3) is 0.625. The van der Waals surface area contributed by atoms with E-state index < -0.39 is 31.3 Å². The van der Waals surface area contributed by atoms with Crippen molar-refractivity contribution >= 4 is 17.8 Å². The number of aliphatic carboxylic acids is 1. The number of hydrogen-bond donors (Lipinski definition) is 2. The van der Waals surface area contributed by atoms with Crippen molar-refractivity contribution in [2.75, 3.05) is 18.5 Å². The molecule has 0 aromatic carbocycles. The molecule has 1 aromatic rings. The molecule has 0 saturated heterocycles. The smallest absolute Gasteiger partial charge is 0.479 e. The van der Waals surface area contributed by atoms with Crippen LogP contribution in [0.1, 0.15) is 43.0 Å². The summed E-state index contributed by atoms with van der Waals surface area (Å²) >= 11 is 0. The highest BCUT2D eigenvalue weighted by Gasteiger charge is 2.41. The molecule has 3 rings (SSSR count). The Labute approximate surface area is 152 Å². The van der Waals surface area contributed by atoms with E-state index in [9.17, 15) is 22.8 Å². The Kier molecular flexibility index (Phi) is 5.38. The lowest BCUT2D eigenvalue weighted by molar-refractivity contribution is -0.201. The van der Waals surface area contributed by atoms with Crippen LogP contribution in [0.15, 0.2) is 0 Å². The van der Waals surface area contributed by atoms with Crippen molar-refractivity contribution in [3.05, 3.63) is 11.4 Å². The SMILES string of the molecule is O=C(O)COc1nc(C2CC2)nc(NCC2CC2)c1COC(=O)C(F)(F)F. The van der Waals surface area contributed by atoms with Gasteiger partial charge in [0.05, 0.1) is 5.56 Å². The van der Waals surface area contributed by atoms with Gasteiger partial charge in [-0.3, -0.25) is 0 Å². The van der Waals surface area contributed by atoms with Crippen LogP contribution in [-0.2, 0) is 20.9 Å². The summed E-state index contributed by atoms with van der Waals surface area (Å²) in [5, 5.41) is 11.9. The van der Waals surface area contributed by atoms with E-state index in [-0.39, 0.29) is 23.2 Å². The first kappa shape index (κ1) is 19.2. The fourth-order valence-corrected chi connectivity index (χ4v) is 2.31. The first-order valence-electron chi connectivity index (χ1n) is 8.47. The van der Waals surface area contributed by atoms with Crippen LogP contribution in [0.5, 0.6) is 5.88 Å². The maximum Gasteiger partial charge on any atom is 0.490 e. The molecule has 0 radical (unpaired) electrons. The van der Waals surface area contributed by atoms with E-state index in [0.717, 1.165) is 25.7 Å². The molecule has 2 saturated carbocycles. The van der Waals surface area contributed by atoms with Gasteiger partial charge in [0.25, 0.3) is 0 Å². The molecule has 0 bridgehead atoms. The number of carboxylic acids is 1. The van der Waals surface area contributed by atoms with Gasteiger partial charge < -0.3 is 19.9 Å². The number of carboxylic acid groups (broad SMARTS) is 1. The van der Waals surface area contributed by atoms with Crippen LogP contribution in [0.2, 0.25) is 0 Å². The molecule has 0 atom stereocenters. The van der Waals surface area contributed by atoms with Gasteiger partial charge >= 0.3 is 18.1 Å². The molecule has 8 nitrogen and oxygen atoms in total. The standard InChI is InChI=1S/C16H18F3N3O5/c17-16(18,19)15(25)27-6-10-13(20-5-8-1-2-8)21-12(9-3-4-9)22-14(10)26-7-11(23)24/h8-9H,1-7H2,(H,23,24)(H,20,21,22). The van der Waals surface area contributed by atoms with Crippen LogP contribution < -0.4 is 10.1 Å². The summed E-state index contributed by atoms with van der Waals surface area (Å²) in [7, 11) is 0. The van der Waals surface area contributed by atoms with E-state index >= 15 is 0 Å². The van der Waals surface area contributed by atoms with Crippen LogP contribution in [-0.4, -0.2) is 46.3 Å². The van der Waals surface area contributed by atoms with Crippen molar-refractivity contribution in [1.29, 1.82) is 0 Å². The number of hydrogen-bond acceptors (Lipinski definition) is 7. The number of nitrogens with one attached hydrogen (secondary N) is 1. The second-order valence-corrected chi connectivity index (χ2v) is 6.57. The molecule has 1 heterocycles. The molecule has 0 spiro atoms. The fourth-order valence-electron chi connectivity index (χ4n) is 2.31. The Bertz CT molecular complexity index is 733. The molecular weight excluding hydrogens is 371 g/mol. The Morgan fingerprint density at radius 2 is 1.89 bits per heavy atom. The molecular formula is C16H18F3N3O5. The Hall–Kier alpha value is -2.59. The maximum atomic E-state index is 12.4. The third-order valence-electron chi connectivity index (χ3n) is 4.10. The average Bonchev–Trinajstić information content (AvgIpc) is 3.47. The van der Waals surface area contributed by atoms with E-state index in [0.29, 0.717) is 18.3 Å². The summed E-state index contributed by atoms with van der Waals surface area (Å²) < 4.78 is 46.7. The highest BCUT2D eigenvalue weighted by Crippen LogP contribution is 2.40. The third kappa shape index (κ3) is 5.44. The van der Waals surface area contributed by atoms with Gasteiger partial charge in [0, 0.05) is 12.5 Å². The number of carbonyl (C=O) groups is 2. The molecule has 2 aliphatic rings. The molecule has 2 aliphatic carbocycles. The Morgan fingerprint density at radius 3 is 2.44 bits per heavy atom. The summed E-state index contributed by atoms with van der Waals surface area (Å²) in [5.41, 5.74) is -0.0149. The Morgan fingerprint density at radius 1 is 1.19 bits per heavy atom. The van der Waals surface area contributed by atoms with Gasteiger partial charge in [0.15, 0.2) is 6.61 Å². The average molecular weight is 389 g/mol. The minimum atomic E-state index is -5.14. The van der Waals surface area contributed by atoms with Gasteiger partial charge in [0.2, 0.25) is 5.88 Å². The highest BCUT2D eigenvalue weighted by molar-refractivity contribution is 5.75. The van der Waals surface area contributed by atoms with Gasteiger partial charge in [-0.1, -0.05) is 0 Å². The van der Waals surface area contributed by atoms with E-state index in [1.54, 1.807) is 0 Å². The number of carbonyl (C=O) groups excluding carboxylic acids is 1. The van der Waals surface area contributed by atoms with Crippen LogP contribution in [0, 0.1) is 5.92 Å². The van der Waals surface area contributed by atoms with Crippen molar-refractivity contribution in [1.82, 2.24) is 9.97 Å². The molecule has 148 valence electrons. The molecule has 2 fully saturated rings. The maximum absolute atomic E-state index is 12.4. The van der Waals surface area contributed by atoms with Crippen LogP contribution in [0.4, 0.5) is 19.0 Å². The Balaban J connectivity index is 1.86. The number of nitrogens with zero attached hydrogens (tertiary/aromatic N) is 2. The van der Waals surface area contributed by atoms with Crippen LogP contribution >= 0.6 is 0 Å². The second-order valence-electron chi connectivity index (χ2n) is 6.57. The van der Waals surface area contributed by atoms with Crippen LogP contribution in [0.25, 0.3) is 0 Å². The van der Waals surface area contributed by atoms with Crippen molar-refractivity contribution < 1.29 is 37.3 Å². The van der Waals surface area contributed by atoms with Gasteiger partial charge in [-0.2, -0.15) is 18.2 Å². The summed E-state index contributed by atoms with van der Waals surface area (Å²) in [6.07, 6.45) is -1.34. The molecule has 27 heavy (non-hydrogen) atoms. The summed E-state index contributed by atoms with van der Waals surface area (Å²) in [5.74, 6) is -2.64. The first-order chi connectivity index (χ1) is 12.7. The summed E-state index contributed by atoms with van der Waals surface area (Å²) in [4.78, 5) is 30.3. The topological polar surface area (TPSA) is 111 Å². The molecule has 0 amide bonds. The minimum absolute atomic E-state index is 0.0149. The first-order valence-corrected chi connectivity index (χ1v) is 8.47. The second kappa shape index (κ2) is 7.57. The molecule has 0 unspecified atom stereocenters. The minimum Gasteiger partial charge on any atom is -0.479 e. The van der Waals surface area contributed by atoms with E-state index in [1.165, 1.54) is 0 Å². The zero-order valence-corrected chi connectivity index (χ0v) is 14.2. The quantitative estimate of drug-likeness (QED) is 0.619. The highest BCUT2D eigenvalue weighted by atomic mass is 19.4. The summed E-state index contributed by atoms with van der Waals surface area (Å²) in [6, 6.07) is 0. The lowest BCUT2D eigenvalue weighted by Crippen LogP contribution is -2.26. The number of alkyl halides is 3. The number of aromatic nitrogens is 2. The van der Waals surface area contributed by atoms with Crippen LogP contribution in [0.3, 0.4) is 0 Å². The number of halogens is 3. The van der Waals surface area contributed by atoms with Gasteiger partial charge in [-0.25, -0.2) is 14.6 Å². The van der Waals surface area contributed by atoms with Gasteiger partial charge in [-0.05, 0) is 31.6 Å². The zero-order chi connectivity index (χ0) is 19.6. The molecule has 1 aromatic heterocycles. The van der Waals surface area contributed by atoms with Crippen molar-refractivity contribution in [3.8, 4) is 5.88 Å². The number of ether oxygens (including phenoxy) is 2. The van der Waals surface area contributed by atoms with Gasteiger partial charge in [-0.15, -0.1) is 0 Å². The van der Waals surface area contributed by atoms with E-state index in [2.05, 4.69) is 20.0 Å². The molecule has 11 heteroatoms. The number of rotatable bonds is 9. The third-order valence-corrected chi connectivity index (χ3v) is 4.10. The van der Waals surface area contributed by atoms with E-state index in [4.69, 9.17) is 9.84 Å². The van der Waals surface area contributed by atoms with Gasteiger partial charge in [0.1, 0.15) is 18.2 Å². The van der Waals surface area contributed by atoms with E-state index in [1.807, 2.05) is 0 Å². The molecule has 2 N–H and O–H groups in total. The lowest BCUT2D eigenvalue weighted by atomic mass is 10.2. The predicted octanol–water partition coefficient (Wildman–Crippen LogP) is 2.24. The largest absolute Gasteiger partial charge is 0.490 e. The van der Waals surface area contributed by atoms with Crippen molar-refractivity contribution in [3.63, 3.8) is 0 Å². The normalized spacial score (nSPS) is 16.7. The zero-order valence-electron chi connectivity index (χ0n) is 14.2. The molecule has 0 aliphatic heterocycles.